The third-order valence-electron chi connectivity index (χ3n) is 1.65. The molecule has 0 unspecified atom stereocenters. The SMILES string of the molecule is CCc1nnc2c(N)c[nH]n12. The molecule has 0 amide bonds. The van der Waals surface area contributed by atoms with Crippen molar-refractivity contribution < 1.29 is 0 Å². The molecule has 0 aliphatic rings. The van der Waals surface area contributed by atoms with Crippen molar-refractivity contribution in [3.05, 3.63) is 12.0 Å². The van der Waals surface area contributed by atoms with E-state index in [1.54, 1.807) is 10.7 Å². The highest BCUT2D eigenvalue weighted by molar-refractivity contribution is 5.62. The number of aryl methyl sites for hydroxylation is 1. The van der Waals surface area contributed by atoms with Gasteiger partial charge in [-0.3, -0.25) is 5.10 Å². The molecular weight excluding hydrogens is 142 g/mol. The lowest BCUT2D eigenvalue weighted by molar-refractivity contribution is 0.835. The van der Waals surface area contributed by atoms with Crippen molar-refractivity contribution in [2.45, 2.75) is 13.3 Å². The van der Waals surface area contributed by atoms with Crippen LogP contribution in [0.25, 0.3) is 5.65 Å². The second kappa shape index (κ2) is 1.98. The molecule has 0 aliphatic heterocycles. The molecule has 2 aromatic rings. The predicted octanol–water partition coefficient (Wildman–Crippen LogP) is 0.202. The van der Waals surface area contributed by atoms with Crippen LogP contribution in [0, 0.1) is 0 Å². The van der Waals surface area contributed by atoms with Gasteiger partial charge in [0.15, 0.2) is 11.5 Å². The van der Waals surface area contributed by atoms with Crippen LogP contribution in [0.4, 0.5) is 5.69 Å². The fourth-order valence-electron chi connectivity index (χ4n) is 1.07. The normalized spacial score (nSPS) is 11.0. The smallest absolute Gasteiger partial charge is 0.200 e. The Kier molecular flexibility index (Phi) is 1.12. The van der Waals surface area contributed by atoms with Crippen molar-refractivity contribution in [2.75, 3.05) is 5.73 Å². The molecule has 0 aliphatic carbocycles. The molecule has 0 bridgehead atoms. The first-order valence-electron chi connectivity index (χ1n) is 3.49. The molecule has 11 heavy (non-hydrogen) atoms. The molecule has 2 heterocycles. The highest BCUT2D eigenvalue weighted by atomic mass is 15.4. The Labute approximate surface area is 63.2 Å². The van der Waals surface area contributed by atoms with Gasteiger partial charge in [-0.05, 0) is 0 Å². The van der Waals surface area contributed by atoms with Crippen LogP contribution in [-0.2, 0) is 6.42 Å². The second-order valence-electron chi connectivity index (χ2n) is 2.36. The minimum Gasteiger partial charge on any atom is -0.394 e. The van der Waals surface area contributed by atoms with Gasteiger partial charge in [0, 0.05) is 12.6 Å². The Morgan fingerprint density at radius 1 is 1.64 bits per heavy atom. The van der Waals surface area contributed by atoms with Gasteiger partial charge < -0.3 is 5.73 Å². The largest absolute Gasteiger partial charge is 0.394 e. The highest BCUT2D eigenvalue weighted by Crippen LogP contribution is 2.10. The van der Waals surface area contributed by atoms with Gasteiger partial charge in [-0.1, -0.05) is 6.92 Å². The van der Waals surface area contributed by atoms with E-state index in [0.717, 1.165) is 12.2 Å². The average Bonchev–Trinajstić information content (AvgIpc) is 2.53. The maximum atomic E-state index is 5.59. The number of nitrogen functional groups attached to an aromatic ring is 1. The average molecular weight is 151 g/mol. The van der Waals surface area contributed by atoms with E-state index in [4.69, 9.17) is 5.73 Å². The Morgan fingerprint density at radius 3 is 3.18 bits per heavy atom. The van der Waals surface area contributed by atoms with Gasteiger partial charge >= 0.3 is 0 Å². The lowest BCUT2D eigenvalue weighted by atomic mass is 10.5. The monoisotopic (exact) mass is 151 g/mol. The molecule has 0 aromatic carbocycles. The number of anilines is 1. The molecule has 5 nitrogen and oxygen atoms in total. The zero-order valence-electron chi connectivity index (χ0n) is 6.20. The van der Waals surface area contributed by atoms with Crippen molar-refractivity contribution in [1.82, 2.24) is 19.8 Å². The van der Waals surface area contributed by atoms with E-state index < -0.39 is 0 Å². The summed E-state index contributed by atoms with van der Waals surface area (Å²) >= 11 is 0. The minimum atomic E-state index is 0.636. The molecule has 0 radical (unpaired) electrons. The van der Waals surface area contributed by atoms with Crippen molar-refractivity contribution in [3.8, 4) is 0 Å². The summed E-state index contributed by atoms with van der Waals surface area (Å²) < 4.78 is 1.79. The first kappa shape index (κ1) is 6.21. The van der Waals surface area contributed by atoms with E-state index in [0.29, 0.717) is 11.3 Å². The van der Waals surface area contributed by atoms with Gasteiger partial charge in [0.05, 0.1) is 5.69 Å². The van der Waals surface area contributed by atoms with Crippen LogP contribution in [0.1, 0.15) is 12.7 Å². The maximum Gasteiger partial charge on any atom is 0.200 e. The van der Waals surface area contributed by atoms with Gasteiger partial charge in [0.2, 0.25) is 0 Å². The van der Waals surface area contributed by atoms with E-state index in [1.165, 1.54) is 0 Å². The summed E-state index contributed by atoms with van der Waals surface area (Å²) in [6, 6.07) is 0. The molecular formula is C6H9N5. The zero-order chi connectivity index (χ0) is 7.84. The van der Waals surface area contributed by atoms with Crippen molar-refractivity contribution in [2.24, 2.45) is 0 Å². The molecule has 0 saturated carbocycles. The molecule has 2 aromatic heterocycles. The Morgan fingerprint density at radius 2 is 2.45 bits per heavy atom. The quantitative estimate of drug-likeness (QED) is 0.611. The van der Waals surface area contributed by atoms with E-state index in [9.17, 15) is 0 Å². The lowest BCUT2D eigenvalue weighted by Gasteiger charge is -1.86. The minimum absolute atomic E-state index is 0.636. The van der Waals surface area contributed by atoms with Gasteiger partial charge in [0.1, 0.15) is 0 Å². The first-order chi connectivity index (χ1) is 5.33. The number of aromatic amines is 1. The van der Waals surface area contributed by atoms with Crippen LogP contribution in [0.3, 0.4) is 0 Å². The van der Waals surface area contributed by atoms with E-state index in [2.05, 4.69) is 15.3 Å². The molecule has 2 rings (SSSR count). The van der Waals surface area contributed by atoms with Crippen LogP contribution in [0.15, 0.2) is 6.20 Å². The van der Waals surface area contributed by atoms with Gasteiger partial charge in [-0.15, -0.1) is 10.2 Å². The number of hydrogen-bond donors (Lipinski definition) is 2. The summed E-state index contributed by atoms with van der Waals surface area (Å²) in [6.07, 6.45) is 2.56. The molecule has 0 fully saturated rings. The number of nitrogens with two attached hydrogens (primary N) is 1. The predicted molar refractivity (Wildman–Crippen MR) is 41.1 cm³/mol. The van der Waals surface area contributed by atoms with Gasteiger partial charge in [-0.2, -0.15) is 0 Å². The molecule has 0 spiro atoms. The number of hydrogen-bond acceptors (Lipinski definition) is 3. The summed E-state index contributed by atoms with van der Waals surface area (Å²) in [6.45, 7) is 2.02. The summed E-state index contributed by atoms with van der Waals surface area (Å²) in [5.74, 6) is 0.900. The van der Waals surface area contributed by atoms with Crippen molar-refractivity contribution in [3.63, 3.8) is 0 Å². The summed E-state index contributed by atoms with van der Waals surface area (Å²) in [7, 11) is 0. The molecule has 0 atom stereocenters. The van der Waals surface area contributed by atoms with Crippen LogP contribution >= 0.6 is 0 Å². The summed E-state index contributed by atoms with van der Waals surface area (Å²) in [5, 5.41) is 10.8. The number of rotatable bonds is 1. The molecule has 3 N–H and O–H groups in total. The Hall–Kier alpha value is -1.52. The zero-order valence-corrected chi connectivity index (χ0v) is 6.20. The number of H-pyrrole nitrogens is 1. The highest BCUT2D eigenvalue weighted by Gasteiger charge is 2.06. The fraction of sp³-hybridized carbons (Fsp3) is 0.333. The first-order valence-corrected chi connectivity index (χ1v) is 3.49. The number of nitrogens with zero attached hydrogens (tertiary/aromatic N) is 3. The Bertz CT molecular complexity index is 371. The van der Waals surface area contributed by atoms with Crippen LogP contribution in [0.2, 0.25) is 0 Å². The molecule has 0 saturated heterocycles. The number of aromatic nitrogens is 4. The van der Waals surface area contributed by atoms with E-state index >= 15 is 0 Å². The van der Waals surface area contributed by atoms with Crippen molar-refractivity contribution in [1.29, 1.82) is 0 Å². The van der Waals surface area contributed by atoms with Crippen molar-refractivity contribution >= 4 is 11.3 Å². The number of fused-ring (bicyclic) bond motifs is 1. The standard InChI is InChI=1S/C6H9N5/c1-2-5-9-10-6-4(7)3-8-11(5)6/h3,8H,2,7H2,1H3. The van der Waals surface area contributed by atoms with E-state index in [-0.39, 0.29) is 0 Å². The van der Waals surface area contributed by atoms with Crippen LogP contribution in [-0.4, -0.2) is 19.8 Å². The Balaban J connectivity index is 2.77. The van der Waals surface area contributed by atoms with E-state index in [1.807, 2.05) is 6.92 Å². The van der Waals surface area contributed by atoms with Gasteiger partial charge in [0.25, 0.3) is 0 Å². The second-order valence-corrected chi connectivity index (χ2v) is 2.36. The topological polar surface area (TPSA) is 72.0 Å². The number of nitrogens with one attached hydrogen (secondary N) is 1. The maximum absolute atomic E-state index is 5.59. The summed E-state index contributed by atoms with van der Waals surface area (Å²) in [4.78, 5) is 0. The lowest BCUT2D eigenvalue weighted by Crippen LogP contribution is -1.91. The van der Waals surface area contributed by atoms with Crippen LogP contribution in [0.5, 0.6) is 0 Å². The third-order valence-corrected chi connectivity index (χ3v) is 1.65. The summed E-state index contributed by atoms with van der Waals surface area (Å²) in [5.41, 5.74) is 6.94. The molecule has 5 heteroatoms. The van der Waals surface area contributed by atoms with Crippen LogP contribution < -0.4 is 5.73 Å². The van der Waals surface area contributed by atoms with Gasteiger partial charge in [-0.25, -0.2) is 4.52 Å². The fourth-order valence-corrected chi connectivity index (χ4v) is 1.07. The molecule has 58 valence electrons. The third kappa shape index (κ3) is 0.705.